The number of anilines is 1. The van der Waals surface area contributed by atoms with Crippen LogP contribution in [0.25, 0.3) is 5.57 Å². The van der Waals surface area contributed by atoms with Crippen molar-refractivity contribution in [1.82, 2.24) is 0 Å². The van der Waals surface area contributed by atoms with E-state index in [0.29, 0.717) is 5.69 Å². The maximum atomic E-state index is 13.6. The summed E-state index contributed by atoms with van der Waals surface area (Å²) in [6.07, 6.45) is 4.30. The number of rotatable bonds is 3. The number of aryl methyl sites for hydroxylation is 1. The van der Waals surface area contributed by atoms with Gasteiger partial charge in [-0.25, -0.2) is 4.90 Å². The number of fused-ring (bicyclic) bond motifs is 5. The summed E-state index contributed by atoms with van der Waals surface area (Å²) in [5.41, 5.74) is 6.41. The van der Waals surface area contributed by atoms with Gasteiger partial charge in [0.25, 0.3) is 0 Å². The third-order valence-electron chi connectivity index (χ3n) is 7.12. The van der Waals surface area contributed by atoms with Gasteiger partial charge in [-0.15, -0.1) is 0 Å². The Hall–Kier alpha value is -3.72. The Morgan fingerprint density at radius 1 is 0.656 bits per heavy atom. The van der Waals surface area contributed by atoms with Gasteiger partial charge in [-0.05, 0) is 41.3 Å². The average molecular weight is 418 g/mol. The first kappa shape index (κ1) is 19.0. The van der Waals surface area contributed by atoms with Crippen molar-refractivity contribution >= 4 is 23.1 Å². The van der Waals surface area contributed by atoms with Crippen molar-refractivity contribution in [3.05, 3.63) is 119 Å². The SMILES string of the molecule is Cc1ccc(N2C(=O)[C@@H]3[C@H](C2=O)[C@@H]2C=C[C@@H]3C2=C(c2ccccc2)c2ccccc2)cc1. The van der Waals surface area contributed by atoms with Crippen LogP contribution in [0.15, 0.2) is 103 Å². The van der Waals surface area contributed by atoms with Crippen LogP contribution >= 0.6 is 0 Å². The first-order valence-electron chi connectivity index (χ1n) is 11.1. The second kappa shape index (κ2) is 7.16. The van der Waals surface area contributed by atoms with Crippen molar-refractivity contribution < 1.29 is 9.59 Å². The Kier molecular flexibility index (Phi) is 4.25. The molecule has 156 valence electrons. The predicted octanol–water partition coefficient (Wildman–Crippen LogP) is 5.42. The molecule has 0 radical (unpaired) electrons. The monoisotopic (exact) mass is 417 g/mol. The van der Waals surface area contributed by atoms with Crippen LogP contribution in [0.5, 0.6) is 0 Å². The van der Waals surface area contributed by atoms with Gasteiger partial charge in [0.15, 0.2) is 0 Å². The van der Waals surface area contributed by atoms with Crippen LogP contribution in [0.4, 0.5) is 5.69 Å². The lowest BCUT2D eigenvalue weighted by atomic mass is 9.85. The molecule has 1 heterocycles. The highest BCUT2D eigenvalue weighted by atomic mass is 16.2. The van der Waals surface area contributed by atoms with Gasteiger partial charge in [-0.3, -0.25) is 9.59 Å². The standard InChI is InChI=1S/C29H23NO2/c1-18-12-14-21(15-13-18)30-28(31)26-22-16-17-23(27(26)29(30)32)25(22)24(19-8-4-2-5-9-19)20-10-6-3-7-11-20/h2-17,22-23,26-27H,1H3/t22-,23-,26-,27+/m1/s1. The Morgan fingerprint density at radius 2 is 1.12 bits per heavy atom. The van der Waals surface area contributed by atoms with Gasteiger partial charge in [0.05, 0.1) is 17.5 Å². The molecule has 4 atom stereocenters. The van der Waals surface area contributed by atoms with Crippen LogP contribution in [0.2, 0.25) is 0 Å². The lowest BCUT2D eigenvalue weighted by Crippen LogP contribution is -2.33. The van der Waals surface area contributed by atoms with E-state index < -0.39 is 0 Å². The van der Waals surface area contributed by atoms with Crippen LogP contribution in [-0.4, -0.2) is 11.8 Å². The third-order valence-corrected chi connectivity index (χ3v) is 7.12. The molecule has 0 aromatic heterocycles. The summed E-state index contributed by atoms with van der Waals surface area (Å²) in [7, 11) is 0. The molecule has 3 aromatic rings. The largest absolute Gasteiger partial charge is 0.274 e. The molecule has 2 fully saturated rings. The molecule has 3 aliphatic rings. The van der Waals surface area contributed by atoms with Crippen molar-refractivity contribution in [3.8, 4) is 0 Å². The molecule has 0 spiro atoms. The van der Waals surface area contributed by atoms with Gasteiger partial charge < -0.3 is 0 Å². The molecule has 3 aromatic carbocycles. The molecule has 0 unspecified atom stereocenters. The number of carbonyl (C=O) groups is 2. The molecule has 0 N–H and O–H groups in total. The minimum absolute atomic E-state index is 0.0488. The zero-order valence-corrected chi connectivity index (χ0v) is 17.8. The number of benzene rings is 3. The normalized spacial score (nSPS) is 25.5. The fourth-order valence-electron chi connectivity index (χ4n) is 5.75. The van der Waals surface area contributed by atoms with E-state index in [-0.39, 0.29) is 35.5 Å². The average Bonchev–Trinajstić information content (AvgIpc) is 3.46. The van der Waals surface area contributed by atoms with Gasteiger partial charge >= 0.3 is 0 Å². The molecule has 1 saturated carbocycles. The highest BCUT2D eigenvalue weighted by Gasteiger charge is 2.62. The summed E-state index contributed by atoms with van der Waals surface area (Å²) in [6, 6.07) is 28.3. The molecule has 2 amide bonds. The van der Waals surface area contributed by atoms with Crippen LogP contribution in [0.1, 0.15) is 16.7 Å². The number of allylic oxidation sites excluding steroid dienone is 3. The zero-order chi connectivity index (χ0) is 21.8. The fourth-order valence-corrected chi connectivity index (χ4v) is 5.75. The highest BCUT2D eigenvalue weighted by molar-refractivity contribution is 6.23. The Bertz CT molecular complexity index is 1200. The molecule has 6 rings (SSSR count). The van der Waals surface area contributed by atoms with Gasteiger partial charge in [0.2, 0.25) is 11.8 Å². The second-order valence-corrected chi connectivity index (χ2v) is 8.90. The first-order chi connectivity index (χ1) is 15.6. The fraction of sp³-hybridized carbons (Fsp3) is 0.172. The van der Waals surface area contributed by atoms with Crippen molar-refractivity contribution in [3.63, 3.8) is 0 Å². The van der Waals surface area contributed by atoms with Crippen LogP contribution in [0, 0.1) is 30.6 Å². The highest BCUT2D eigenvalue weighted by Crippen LogP contribution is 2.58. The lowest BCUT2D eigenvalue weighted by molar-refractivity contribution is -0.122. The van der Waals surface area contributed by atoms with Crippen molar-refractivity contribution in [2.45, 2.75) is 6.92 Å². The van der Waals surface area contributed by atoms with Crippen LogP contribution in [0.3, 0.4) is 0 Å². The van der Waals surface area contributed by atoms with Crippen molar-refractivity contribution in [2.75, 3.05) is 4.90 Å². The van der Waals surface area contributed by atoms with Crippen LogP contribution < -0.4 is 4.90 Å². The van der Waals surface area contributed by atoms with E-state index in [1.807, 2.05) is 67.6 Å². The Balaban J connectivity index is 1.48. The van der Waals surface area contributed by atoms with Crippen molar-refractivity contribution in [2.24, 2.45) is 23.7 Å². The third kappa shape index (κ3) is 2.67. The molecule has 3 nitrogen and oxygen atoms in total. The minimum Gasteiger partial charge on any atom is -0.274 e. The number of nitrogens with zero attached hydrogens (tertiary/aromatic N) is 1. The van der Waals surface area contributed by atoms with E-state index in [2.05, 4.69) is 36.4 Å². The number of amides is 2. The van der Waals surface area contributed by atoms with E-state index >= 15 is 0 Å². The smallest absolute Gasteiger partial charge is 0.238 e. The first-order valence-corrected chi connectivity index (χ1v) is 11.1. The summed E-state index contributed by atoms with van der Waals surface area (Å²) < 4.78 is 0. The maximum absolute atomic E-state index is 13.6. The number of imide groups is 1. The molecule has 1 aliphatic heterocycles. The van der Waals surface area contributed by atoms with Gasteiger partial charge in [0.1, 0.15) is 0 Å². The van der Waals surface area contributed by atoms with E-state index in [9.17, 15) is 9.59 Å². The maximum Gasteiger partial charge on any atom is 0.238 e. The zero-order valence-electron chi connectivity index (χ0n) is 17.8. The minimum atomic E-state index is -0.323. The van der Waals surface area contributed by atoms with E-state index in [4.69, 9.17) is 0 Å². The molecule has 32 heavy (non-hydrogen) atoms. The molecule has 2 aliphatic carbocycles. The molecule has 3 heteroatoms. The second-order valence-electron chi connectivity index (χ2n) is 8.90. The molecule has 1 saturated heterocycles. The van der Waals surface area contributed by atoms with E-state index in [1.165, 1.54) is 10.5 Å². The number of carbonyl (C=O) groups excluding carboxylic acids is 2. The van der Waals surface area contributed by atoms with E-state index in [1.54, 1.807) is 0 Å². The summed E-state index contributed by atoms with van der Waals surface area (Å²) in [4.78, 5) is 28.5. The van der Waals surface area contributed by atoms with Crippen LogP contribution in [-0.2, 0) is 9.59 Å². The summed E-state index contributed by atoms with van der Waals surface area (Å²) in [5, 5.41) is 0. The summed E-state index contributed by atoms with van der Waals surface area (Å²) in [5.74, 6) is -0.885. The Morgan fingerprint density at radius 3 is 1.59 bits per heavy atom. The summed E-state index contributed by atoms with van der Waals surface area (Å²) in [6.45, 7) is 2.00. The van der Waals surface area contributed by atoms with Gasteiger partial charge in [-0.1, -0.05) is 90.5 Å². The van der Waals surface area contributed by atoms with Gasteiger partial charge in [0, 0.05) is 11.8 Å². The quantitative estimate of drug-likeness (QED) is 0.422. The molecular formula is C29H23NO2. The van der Waals surface area contributed by atoms with Crippen molar-refractivity contribution in [1.29, 1.82) is 0 Å². The lowest BCUT2D eigenvalue weighted by Gasteiger charge is -2.21. The van der Waals surface area contributed by atoms with Gasteiger partial charge in [-0.2, -0.15) is 0 Å². The summed E-state index contributed by atoms with van der Waals surface area (Å²) >= 11 is 0. The molecular weight excluding hydrogens is 394 g/mol. The van der Waals surface area contributed by atoms with E-state index in [0.717, 1.165) is 22.3 Å². The Labute approximate surface area is 187 Å². The topological polar surface area (TPSA) is 37.4 Å². The predicted molar refractivity (Wildman–Crippen MR) is 126 cm³/mol. The number of hydrogen-bond donors (Lipinski definition) is 0. The number of hydrogen-bond acceptors (Lipinski definition) is 2. The molecule has 2 bridgehead atoms.